The first-order chi connectivity index (χ1) is 35.8. The number of rotatable bonds is 21. The maximum Gasteiger partial charge on any atom is 0.586 e. The number of aromatic nitrogens is 4. The van der Waals surface area contributed by atoms with Gasteiger partial charge >= 0.3 is 12.3 Å². The highest BCUT2D eigenvalue weighted by Gasteiger charge is 2.47. The second-order valence-electron chi connectivity index (χ2n) is 17.1. The summed E-state index contributed by atoms with van der Waals surface area (Å²) in [7, 11) is -2.38. The number of piperidine rings is 1. The molecule has 27 heteroatoms. The van der Waals surface area contributed by atoms with E-state index in [9.17, 15) is 41.2 Å². The van der Waals surface area contributed by atoms with Crippen molar-refractivity contribution in [1.29, 1.82) is 0 Å². The number of alkyl halides is 2. The van der Waals surface area contributed by atoms with Crippen LogP contribution in [0.25, 0.3) is 0 Å². The average Bonchev–Trinajstić information content (AvgIpc) is 3.84. The van der Waals surface area contributed by atoms with E-state index in [2.05, 4.69) is 52.7 Å². The number of pyridine rings is 1. The van der Waals surface area contributed by atoms with Crippen molar-refractivity contribution in [1.82, 2.24) is 45.7 Å². The zero-order chi connectivity index (χ0) is 53.6. The molecule has 23 nitrogen and oxygen atoms in total. The lowest BCUT2D eigenvalue weighted by Crippen LogP contribution is -2.54. The molecule has 8 rings (SSSR count). The summed E-state index contributed by atoms with van der Waals surface area (Å²) in [6.07, 6.45) is 1.22. The van der Waals surface area contributed by atoms with Gasteiger partial charge in [-0.2, -0.15) is 15.0 Å². The standard InChI is InChI=1S/C48H50ClF2N11O12S/c1-5-31(54-39(40-30(49)11-8-16-53-40)29-10-7-13-35-41(29)74-48(50,51)73-35)32(25-27(2)75(4,68)69)55-45-57-46(59-47(58-45)70-3)61-20-18-60(19-21-61)22-24-71-23-17-52-37(64)26-72-34-12-6-9-28-38(34)44(67)62(43(28)66)33-14-15-36(63)56-42(33)65/h5-13,16,25,33,39,54H,1,14-15,17-24,26H2,2-4H3,(H,52,64)(H,56,63,65)(H,55,57,58,59)/b27-25+,32-31-/t33?,39-/m0/s1. The molecule has 0 saturated carbocycles. The van der Waals surface area contributed by atoms with Crippen molar-refractivity contribution in [2.45, 2.75) is 38.1 Å². The third-order valence-corrected chi connectivity index (χ3v) is 13.8. The number of methoxy groups -OCH3 is 1. The van der Waals surface area contributed by atoms with E-state index >= 15 is 0 Å². The lowest BCUT2D eigenvalue weighted by atomic mass is 10.0. The van der Waals surface area contributed by atoms with E-state index in [1.807, 2.05) is 4.90 Å². The largest absolute Gasteiger partial charge is 0.586 e. The molecule has 2 fully saturated rings. The minimum Gasteiger partial charge on any atom is -0.483 e. The number of fused-ring (bicyclic) bond motifs is 2. The van der Waals surface area contributed by atoms with Crippen LogP contribution < -0.4 is 45.1 Å². The number of nitrogens with zero attached hydrogens (tertiary/aromatic N) is 7. The summed E-state index contributed by atoms with van der Waals surface area (Å²) in [6.45, 7) is 8.27. The number of hydrogen-bond acceptors (Lipinski definition) is 20. The number of amides is 5. The number of halogens is 3. The van der Waals surface area contributed by atoms with Crippen LogP contribution in [0.4, 0.5) is 20.7 Å². The number of benzene rings is 2. The summed E-state index contributed by atoms with van der Waals surface area (Å²) in [5.74, 6) is -3.46. The van der Waals surface area contributed by atoms with Crippen molar-refractivity contribution in [3.8, 4) is 23.3 Å². The second kappa shape index (κ2) is 22.8. The number of carbonyl (C=O) groups is 5. The monoisotopic (exact) mass is 1080 g/mol. The molecule has 396 valence electrons. The van der Waals surface area contributed by atoms with E-state index in [1.54, 1.807) is 12.1 Å². The molecule has 0 bridgehead atoms. The van der Waals surface area contributed by atoms with E-state index in [-0.39, 0.29) is 105 Å². The van der Waals surface area contributed by atoms with Gasteiger partial charge in [-0.05, 0) is 55.8 Å². The SMILES string of the molecule is C=C/C(N[C@@H](c1cccc2c1OC(F)(F)O2)c1ncccc1Cl)=C(\C=C(/C)S(C)(=O)=O)Nc1nc(OC)nc(N2CCN(CCOCCNC(=O)COc3cccc4c3C(=O)N(C3CCC(=O)NC3=O)C4=O)CC2)n1. The molecule has 4 N–H and O–H groups in total. The Bertz CT molecular complexity index is 3100. The predicted octanol–water partition coefficient (Wildman–Crippen LogP) is 3.12. The Morgan fingerprint density at radius 1 is 1.01 bits per heavy atom. The van der Waals surface area contributed by atoms with Gasteiger partial charge in [-0.15, -0.1) is 8.78 Å². The molecule has 5 amide bonds. The predicted molar refractivity (Wildman–Crippen MR) is 264 cm³/mol. The first-order valence-corrected chi connectivity index (χ1v) is 25.5. The summed E-state index contributed by atoms with van der Waals surface area (Å²) in [5.41, 5.74) is 0.559. The third-order valence-electron chi connectivity index (χ3n) is 12.2. The molecule has 6 heterocycles. The number of imide groups is 2. The first kappa shape index (κ1) is 53.5. The number of sulfone groups is 1. The van der Waals surface area contributed by atoms with E-state index < -0.39 is 64.4 Å². The third kappa shape index (κ3) is 12.4. The number of para-hydroxylation sites is 1. The molecule has 4 aliphatic heterocycles. The number of ether oxygens (including phenoxy) is 5. The zero-order valence-electron chi connectivity index (χ0n) is 40.6. The fourth-order valence-corrected chi connectivity index (χ4v) is 8.86. The Kier molecular flexibility index (Phi) is 16.2. The fraction of sp³-hybridized carbons (Fsp3) is 0.354. The summed E-state index contributed by atoms with van der Waals surface area (Å²) >= 11 is 6.64. The van der Waals surface area contributed by atoms with Crippen molar-refractivity contribution in [2.75, 3.05) is 82.7 Å². The average molecular weight is 1080 g/mol. The first-order valence-electron chi connectivity index (χ1n) is 23.2. The number of hydrogen-bond donors (Lipinski definition) is 4. The zero-order valence-corrected chi connectivity index (χ0v) is 42.1. The van der Waals surface area contributed by atoms with Gasteiger partial charge in [0.15, 0.2) is 27.9 Å². The van der Waals surface area contributed by atoms with Gasteiger partial charge in [0.25, 0.3) is 17.7 Å². The highest BCUT2D eigenvalue weighted by Crippen LogP contribution is 2.47. The molecule has 4 aliphatic rings. The molecule has 75 heavy (non-hydrogen) atoms. The lowest BCUT2D eigenvalue weighted by Gasteiger charge is -2.34. The molecule has 0 radical (unpaired) electrons. The topological polar surface area (TPSA) is 275 Å². The normalized spacial score (nSPS) is 18.2. The van der Waals surface area contributed by atoms with Gasteiger partial charge in [-0.3, -0.25) is 44.1 Å². The van der Waals surface area contributed by atoms with Crippen LogP contribution in [0.3, 0.4) is 0 Å². The van der Waals surface area contributed by atoms with Crippen LogP contribution in [0.1, 0.15) is 57.8 Å². The van der Waals surface area contributed by atoms with Crippen LogP contribution in [0, 0.1) is 0 Å². The summed E-state index contributed by atoms with van der Waals surface area (Å²) < 4.78 is 81.0. The summed E-state index contributed by atoms with van der Waals surface area (Å²) in [5, 5.41) is 11.3. The Morgan fingerprint density at radius 2 is 1.79 bits per heavy atom. The number of carbonyl (C=O) groups excluding carboxylic acids is 5. The smallest absolute Gasteiger partial charge is 0.483 e. The van der Waals surface area contributed by atoms with Crippen LogP contribution in [-0.2, 0) is 29.0 Å². The molecule has 2 saturated heterocycles. The Balaban J connectivity index is 0.862. The van der Waals surface area contributed by atoms with Gasteiger partial charge in [-0.1, -0.05) is 36.4 Å². The quantitative estimate of drug-likeness (QED) is 0.0530. The minimum absolute atomic E-state index is 0.000285. The van der Waals surface area contributed by atoms with Crippen molar-refractivity contribution in [3.05, 3.63) is 117 Å². The van der Waals surface area contributed by atoms with Crippen molar-refractivity contribution in [3.63, 3.8) is 0 Å². The van der Waals surface area contributed by atoms with E-state index in [0.717, 1.165) is 11.2 Å². The van der Waals surface area contributed by atoms with E-state index in [1.165, 1.54) is 68.8 Å². The fourth-order valence-electron chi connectivity index (χ4n) is 8.30. The summed E-state index contributed by atoms with van der Waals surface area (Å²) in [6, 6.07) is 9.56. The molecule has 0 aliphatic carbocycles. The van der Waals surface area contributed by atoms with Crippen LogP contribution in [0.2, 0.25) is 5.02 Å². The van der Waals surface area contributed by atoms with E-state index in [0.29, 0.717) is 39.3 Å². The lowest BCUT2D eigenvalue weighted by molar-refractivity contribution is -0.287. The Hall–Kier alpha value is -7.81. The van der Waals surface area contributed by atoms with Gasteiger partial charge < -0.3 is 44.5 Å². The Labute approximate surface area is 433 Å². The van der Waals surface area contributed by atoms with Gasteiger partial charge in [0.1, 0.15) is 11.8 Å². The van der Waals surface area contributed by atoms with Crippen molar-refractivity contribution in [2.24, 2.45) is 0 Å². The van der Waals surface area contributed by atoms with Crippen molar-refractivity contribution < 1.29 is 64.9 Å². The second-order valence-corrected chi connectivity index (χ2v) is 19.7. The number of piperazine rings is 1. The molecule has 2 atom stereocenters. The maximum absolute atomic E-state index is 14.4. The highest BCUT2D eigenvalue weighted by molar-refractivity contribution is 7.94. The molecular weight excluding hydrogens is 1030 g/mol. The van der Waals surface area contributed by atoms with Gasteiger partial charge in [0.05, 0.1) is 59.6 Å². The molecule has 0 spiro atoms. The van der Waals surface area contributed by atoms with Gasteiger partial charge in [-0.25, -0.2) is 8.42 Å². The van der Waals surface area contributed by atoms with Crippen molar-refractivity contribution >= 4 is 62.9 Å². The maximum atomic E-state index is 14.4. The molecule has 2 aromatic carbocycles. The Morgan fingerprint density at radius 3 is 2.51 bits per heavy atom. The van der Waals surface area contributed by atoms with E-state index in [4.69, 9.17) is 35.3 Å². The van der Waals surface area contributed by atoms with Crippen LogP contribution in [0.15, 0.2) is 89.8 Å². The number of allylic oxidation sites excluding steroid dienone is 3. The molecule has 4 aromatic rings. The van der Waals surface area contributed by atoms with Crippen LogP contribution in [-0.4, -0.2) is 152 Å². The number of anilines is 2. The molecule has 1 unspecified atom stereocenters. The summed E-state index contributed by atoms with van der Waals surface area (Å²) in [4.78, 5) is 85.9. The van der Waals surface area contributed by atoms with Gasteiger partial charge in [0, 0.05) is 68.6 Å². The minimum atomic E-state index is -3.95. The number of nitrogens with one attached hydrogen (secondary N) is 4. The molecule has 2 aromatic heterocycles. The van der Waals surface area contributed by atoms with Gasteiger partial charge in [0.2, 0.25) is 23.7 Å². The van der Waals surface area contributed by atoms with Crippen LogP contribution in [0.5, 0.6) is 23.3 Å². The van der Waals surface area contributed by atoms with Crippen LogP contribution >= 0.6 is 11.6 Å². The molecular formula is C48H50ClF2N11O12S. The highest BCUT2D eigenvalue weighted by atomic mass is 35.5.